The van der Waals surface area contributed by atoms with E-state index in [0.717, 1.165) is 12.3 Å². The molecule has 0 heterocycles. The first-order valence-corrected chi connectivity index (χ1v) is 3.92. The van der Waals surface area contributed by atoms with Crippen molar-refractivity contribution in [1.82, 2.24) is 0 Å². The van der Waals surface area contributed by atoms with Gasteiger partial charge in [0, 0.05) is 10.7 Å². The summed E-state index contributed by atoms with van der Waals surface area (Å²) < 4.78 is 0. The van der Waals surface area contributed by atoms with E-state index in [1.54, 1.807) is 0 Å². The topological polar surface area (TPSA) is 0 Å². The lowest BCUT2D eigenvalue weighted by Crippen LogP contribution is -1.88. The van der Waals surface area contributed by atoms with E-state index in [0.29, 0.717) is 4.83 Å². The molecule has 0 aliphatic heterocycles. The van der Waals surface area contributed by atoms with Crippen LogP contribution in [0.4, 0.5) is 0 Å². The Morgan fingerprint density at radius 1 is 1.62 bits per heavy atom. The van der Waals surface area contributed by atoms with E-state index in [4.69, 9.17) is 11.6 Å². The van der Waals surface area contributed by atoms with Crippen molar-refractivity contribution < 1.29 is 0 Å². The highest BCUT2D eigenvalue weighted by molar-refractivity contribution is 9.09. The van der Waals surface area contributed by atoms with Crippen molar-refractivity contribution in [3.05, 3.63) is 0 Å². The van der Waals surface area contributed by atoms with Crippen LogP contribution >= 0.6 is 27.5 Å². The molecule has 0 aliphatic rings. The molecule has 0 fully saturated rings. The van der Waals surface area contributed by atoms with E-state index in [-0.39, 0.29) is 11.0 Å². The van der Waals surface area contributed by atoms with E-state index >= 15 is 0 Å². The highest BCUT2D eigenvalue weighted by Gasteiger charge is 1.91. The predicted molar refractivity (Wildman–Crippen MR) is 49.7 cm³/mol. The third kappa shape index (κ3) is 10.1. The monoisotopic (exact) mass is 216 g/mol. The summed E-state index contributed by atoms with van der Waals surface area (Å²) in [5, 5.41) is 0. The molecular formula is C5H14BrClSi. The molecule has 0 amide bonds. The zero-order chi connectivity index (χ0) is 5.70. The molecule has 0 aliphatic carbocycles. The molecule has 0 aromatic carbocycles. The Morgan fingerprint density at radius 2 is 2.12 bits per heavy atom. The number of hydrogen-bond donors (Lipinski definition) is 0. The van der Waals surface area contributed by atoms with Gasteiger partial charge in [0.2, 0.25) is 0 Å². The Hall–Kier alpha value is 0.987. The van der Waals surface area contributed by atoms with Crippen LogP contribution in [0.15, 0.2) is 0 Å². The Balaban J connectivity index is 0. The Labute approximate surface area is 69.1 Å². The summed E-state index contributed by atoms with van der Waals surface area (Å²) in [6.07, 6.45) is 2.30. The van der Waals surface area contributed by atoms with Gasteiger partial charge in [-0.15, -0.1) is 11.6 Å². The van der Waals surface area contributed by atoms with Gasteiger partial charge in [0.05, 0.1) is 0 Å². The maximum absolute atomic E-state index is 5.42. The molecule has 0 rings (SSSR count). The normalized spacial score (nSPS) is 12.4. The predicted octanol–water partition coefficient (Wildman–Crippen LogP) is 1.34. The molecule has 1 atom stereocenters. The number of rotatable bonds is 3. The lowest BCUT2D eigenvalue weighted by atomic mass is 10.3. The third-order valence-corrected chi connectivity index (χ3v) is 1.46. The SMILES string of the molecule is CC(Br)CCCCl.[SiH4]. The average Bonchev–Trinajstić information content (AvgIpc) is 1.61. The zero-order valence-corrected chi connectivity index (χ0v) is 6.80. The fraction of sp³-hybridized carbons (Fsp3) is 1.00. The van der Waals surface area contributed by atoms with Gasteiger partial charge in [-0.2, -0.15) is 0 Å². The van der Waals surface area contributed by atoms with Gasteiger partial charge in [0.25, 0.3) is 0 Å². The average molecular weight is 218 g/mol. The van der Waals surface area contributed by atoms with E-state index in [9.17, 15) is 0 Å². The first-order valence-electron chi connectivity index (χ1n) is 2.47. The molecule has 0 aromatic heterocycles. The number of alkyl halides is 2. The molecule has 0 nitrogen and oxygen atoms in total. The van der Waals surface area contributed by atoms with Gasteiger partial charge < -0.3 is 0 Å². The molecule has 1 unspecified atom stereocenters. The fourth-order valence-electron chi connectivity index (χ4n) is 0.358. The van der Waals surface area contributed by atoms with Crippen LogP contribution in [0.5, 0.6) is 0 Å². The summed E-state index contributed by atoms with van der Waals surface area (Å²) in [4.78, 5) is 0.631. The number of hydrogen-bond acceptors (Lipinski definition) is 0. The van der Waals surface area contributed by atoms with E-state index < -0.39 is 0 Å². The van der Waals surface area contributed by atoms with Crippen molar-refractivity contribution in [1.29, 1.82) is 0 Å². The first-order chi connectivity index (χ1) is 3.27. The van der Waals surface area contributed by atoms with E-state index in [1.807, 2.05) is 0 Å². The third-order valence-electron chi connectivity index (χ3n) is 0.736. The minimum atomic E-state index is 0. The second-order valence-corrected chi connectivity index (χ2v) is 3.55. The number of halogens is 2. The highest BCUT2D eigenvalue weighted by atomic mass is 79.9. The largest absolute Gasteiger partial charge is 0.127 e. The van der Waals surface area contributed by atoms with Crippen molar-refractivity contribution in [2.75, 3.05) is 5.88 Å². The lowest BCUT2D eigenvalue weighted by molar-refractivity contribution is 0.801. The molecule has 0 saturated carbocycles. The molecule has 0 aromatic rings. The van der Waals surface area contributed by atoms with Gasteiger partial charge in [0.1, 0.15) is 0 Å². The summed E-state index contributed by atoms with van der Waals surface area (Å²) in [7, 11) is 0. The Bertz CT molecular complexity index is 41.4. The van der Waals surface area contributed by atoms with Crippen LogP contribution in [0.3, 0.4) is 0 Å². The summed E-state index contributed by atoms with van der Waals surface area (Å²) in [5.74, 6) is 0.788. The van der Waals surface area contributed by atoms with E-state index in [1.165, 1.54) is 6.42 Å². The quantitative estimate of drug-likeness (QED) is 0.494. The molecule has 0 N–H and O–H groups in total. The molecule has 0 bridgehead atoms. The summed E-state index contributed by atoms with van der Waals surface area (Å²) >= 11 is 8.84. The van der Waals surface area contributed by atoms with Crippen LogP contribution in [0.1, 0.15) is 19.8 Å². The van der Waals surface area contributed by atoms with Crippen LogP contribution < -0.4 is 0 Å². The minimum absolute atomic E-state index is 0. The van der Waals surface area contributed by atoms with E-state index in [2.05, 4.69) is 22.9 Å². The van der Waals surface area contributed by atoms with Crippen molar-refractivity contribution >= 4 is 38.5 Å². The summed E-state index contributed by atoms with van der Waals surface area (Å²) in [5.41, 5.74) is 0. The summed E-state index contributed by atoms with van der Waals surface area (Å²) in [6, 6.07) is 0. The minimum Gasteiger partial charge on any atom is -0.127 e. The van der Waals surface area contributed by atoms with Gasteiger partial charge in [-0.05, 0) is 23.8 Å². The molecule has 52 valence electrons. The zero-order valence-electron chi connectivity index (χ0n) is 4.45. The summed E-state index contributed by atoms with van der Waals surface area (Å²) in [6.45, 7) is 2.13. The molecule has 0 saturated heterocycles. The lowest BCUT2D eigenvalue weighted by Gasteiger charge is -1.96. The van der Waals surface area contributed by atoms with Crippen LogP contribution in [-0.4, -0.2) is 21.7 Å². The van der Waals surface area contributed by atoms with Crippen molar-refractivity contribution in [2.24, 2.45) is 0 Å². The van der Waals surface area contributed by atoms with Gasteiger partial charge in [-0.25, -0.2) is 0 Å². The first kappa shape index (κ1) is 11.7. The molecule has 0 radical (unpaired) electrons. The van der Waals surface area contributed by atoms with Gasteiger partial charge in [-0.3, -0.25) is 0 Å². The van der Waals surface area contributed by atoms with Gasteiger partial charge >= 0.3 is 0 Å². The highest BCUT2D eigenvalue weighted by Crippen LogP contribution is 2.05. The van der Waals surface area contributed by atoms with Crippen LogP contribution in [0, 0.1) is 0 Å². The van der Waals surface area contributed by atoms with Crippen molar-refractivity contribution in [2.45, 2.75) is 24.6 Å². The molecule has 8 heavy (non-hydrogen) atoms. The van der Waals surface area contributed by atoms with Crippen LogP contribution in [0.2, 0.25) is 0 Å². The standard InChI is InChI=1S/C5H10BrCl.H4Si/c1-5(6)3-2-4-7;/h5H,2-4H2,1H3;1H4. The maximum atomic E-state index is 5.42. The smallest absolute Gasteiger partial charge is 0.0223 e. The maximum Gasteiger partial charge on any atom is 0.0223 e. The fourth-order valence-corrected chi connectivity index (χ4v) is 0.836. The van der Waals surface area contributed by atoms with Crippen LogP contribution in [0.25, 0.3) is 0 Å². The Morgan fingerprint density at radius 3 is 2.25 bits per heavy atom. The molecular weight excluding hydrogens is 203 g/mol. The molecule has 3 heteroatoms. The van der Waals surface area contributed by atoms with Crippen molar-refractivity contribution in [3.63, 3.8) is 0 Å². The molecule has 0 spiro atoms. The Kier molecular flexibility index (Phi) is 11.7. The van der Waals surface area contributed by atoms with Crippen molar-refractivity contribution in [3.8, 4) is 0 Å². The van der Waals surface area contributed by atoms with Crippen LogP contribution in [-0.2, 0) is 0 Å². The second kappa shape index (κ2) is 7.99. The van der Waals surface area contributed by atoms with Gasteiger partial charge in [0.15, 0.2) is 0 Å². The van der Waals surface area contributed by atoms with Gasteiger partial charge in [-0.1, -0.05) is 22.9 Å². The second-order valence-electron chi connectivity index (χ2n) is 1.61.